The van der Waals surface area contributed by atoms with Gasteiger partial charge in [-0.3, -0.25) is 4.79 Å². The number of anilines is 1. The molecule has 1 amide bonds. The highest BCUT2D eigenvalue weighted by Gasteiger charge is 2.34. The van der Waals surface area contributed by atoms with Crippen molar-refractivity contribution >= 4 is 23.2 Å². The quantitative estimate of drug-likeness (QED) is 0.881. The van der Waals surface area contributed by atoms with E-state index in [1.165, 1.54) is 6.07 Å². The lowest BCUT2D eigenvalue weighted by Crippen LogP contribution is -2.38. The van der Waals surface area contributed by atoms with Gasteiger partial charge in [-0.2, -0.15) is 13.2 Å². The summed E-state index contributed by atoms with van der Waals surface area (Å²) in [7, 11) is 0. The van der Waals surface area contributed by atoms with E-state index in [9.17, 15) is 18.0 Å². The third-order valence-electron chi connectivity index (χ3n) is 3.08. The van der Waals surface area contributed by atoms with Gasteiger partial charge in [0.05, 0.1) is 11.3 Å². The predicted molar refractivity (Wildman–Crippen MR) is 77.1 cm³/mol. The zero-order valence-corrected chi connectivity index (χ0v) is 12.8. The second-order valence-electron chi connectivity index (χ2n) is 5.91. The summed E-state index contributed by atoms with van der Waals surface area (Å²) in [6, 6.07) is 2.74. The van der Waals surface area contributed by atoms with E-state index in [4.69, 9.17) is 17.3 Å². The molecule has 3 N–H and O–H groups in total. The van der Waals surface area contributed by atoms with Crippen molar-refractivity contribution in [2.45, 2.75) is 39.4 Å². The summed E-state index contributed by atoms with van der Waals surface area (Å²) in [5.41, 5.74) is 4.23. The van der Waals surface area contributed by atoms with E-state index < -0.39 is 23.7 Å². The Bertz CT molecular complexity index is 524. The molecule has 1 rings (SSSR count). The lowest BCUT2D eigenvalue weighted by Gasteiger charge is -2.26. The average molecular weight is 323 g/mol. The summed E-state index contributed by atoms with van der Waals surface area (Å²) in [4.78, 5) is 11.8. The molecule has 0 bridgehead atoms. The SMILES string of the molecule is CC(C)(C)C(N)CC(=O)Nc1ccc(Cl)cc1C(F)(F)F. The first-order valence-corrected chi connectivity index (χ1v) is 6.71. The molecule has 1 unspecified atom stereocenters. The molecule has 21 heavy (non-hydrogen) atoms. The number of hydrogen-bond donors (Lipinski definition) is 2. The molecule has 0 aliphatic carbocycles. The molecule has 1 atom stereocenters. The fourth-order valence-corrected chi connectivity index (χ4v) is 1.74. The summed E-state index contributed by atoms with van der Waals surface area (Å²) >= 11 is 5.57. The Hall–Kier alpha value is -1.27. The first-order chi connectivity index (χ1) is 9.41. The molecule has 0 saturated heterocycles. The van der Waals surface area contributed by atoms with Crippen molar-refractivity contribution in [3.63, 3.8) is 0 Å². The van der Waals surface area contributed by atoms with Crippen molar-refractivity contribution < 1.29 is 18.0 Å². The van der Waals surface area contributed by atoms with E-state index in [2.05, 4.69) is 5.32 Å². The van der Waals surface area contributed by atoms with Crippen LogP contribution in [0.1, 0.15) is 32.8 Å². The first kappa shape index (κ1) is 17.8. The van der Waals surface area contributed by atoms with Crippen LogP contribution in [0, 0.1) is 5.41 Å². The lowest BCUT2D eigenvalue weighted by molar-refractivity contribution is -0.137. The van der Waals surface area contributed by atoms with Crippen molar-refractivity contribution in [1.29, 1.82) is 0 Å². The van der Waals surface area contributed by atoms with E-state index in [0.29, 0.717) is 0 Å². The third kappa shape index (κ3) is 5.21. The van der Waals surface area contributed by atoms with Crippen LogP contribution in [0.4, 0.5) is 18.9 Å². The Morgan fingerprint density at radius 1 is 1.33 bits per heavy atom. The van der Waals surface area contributed by atoms with E-state index in [-0.39, 0.29) is 22.5 Å². The monoisotopic (exact) mass is 322 g/mol. The fraction of sp³-hybridized carbons (Fsp3) is 0.500. The van der Waals surface area contributed by atoms with Crippen molar-refractivity contribution in [2.24, 2.45) is 11.1 Å². The van der Waals surface area contributed by atoms with Crippen LogP contribution in [-0.4, -0.2) is 11.9 Å². The maximum absolute atomic E-state index is 12.9. The number of carbonyl (C=O) groups excluding carboxylic acids is 1. The van der Waals surface area contributed by atoms with Gasteiger partial charge in [0.25, 0.3) is 0 Å². The van der Waals surface area contributed by atoms with E-state index >= 15 is 0 Å². The topological polar surface area (TPSA) is 55.1 Å². The largest absolute Gasteiger partial charge is 0.418 e. The summed E-state index contributed by atoms with van der Waals surface area (Å²) < 4.78 is 38.7. The molecule has 0 heterocycles. The van der Waals surface area contributed by atoms with Gasteiger partial charge in [-0.25, -0.2) is 0 Å². The molecule has 0 saturated carbocycles. The lowest BCUT2D eigenvalue weighted by atomic mass is 9.85. The molecule has 3 nitrogen and oxygen atoms in total. The number of halogens is 4. The minimum atomic E-state index is -4.60. The fourth-order valence-electron chi connectivity index (χ4n) is 1.57. The van der Waals surface area contributed by atoms with Crippen LogP contribution in [0.2, 0.25) is 5.02 Å². The molecular weight excluding hydrogens is 305 g/mol. The summed E-state index contributed by atoms with van der Waals surface area (Å²) in [6.45, 7) is 5.57. The molecule has 0 spiro atoms. The molecule has 0 aromatic heterocycles. The number of benzene rings is 1. The molecular formula is C14H18ClF3N2O. The maximum atomic E-state index is 12.9. The molecule has 0 aliphatic rings. The first-order valence-electron chi connectivity index (χ1n) is 6.33. The Labute approximate surface area is 126 Å². The molecule has 118 valence electrons. The molecule has 7 heteroatoms. The zero-order chi connectivity index (χ0) is 16.4. The van der Waals surface area contributed by atoms with Gasteiger partial charge in [0.15, 0.2) is 0 Å². The Morgan fingerprint density at radius 2 is 1.90 bits per heavy atom. The van der Waals surface area contributed by atoms with Crippen LogP contribution in [0.5, 0.6) is 0 Å². The highest BCUT2D eigenvalue weighted by molar-refractivity contribution is 6.30. The normalized spacial score (nSPS) is 13.9. The van der Waals surface area contributed by atoms with E-state index in [0.717, 1.165) is 12.1 Å². The van der Waals surface area contributed by atoms with Crippen molar-refractivity contribution in [1.82, 2.24) is 0 Å². The minimum absolute atomic E-state index is 0.0493. The Kier molecular flexibility index (Phi) is 5.28. The van der Waals surface area contributed by atoms with Gasteiger partial charge < -0.3 is 11.1 Å². The van der Waals surface area contributed by atoms with Gasteiger partial charge in [-0.05, 0) is 23.6 Å². The zero-order valence-electron chi connectivity index (χ0n) is 12.0. The van der Waals surface area contributed by atoms with Crippen LogP contribution < -0.4 is 11.1 Å². The van der Waals surface area contributed by atoms with Crippen LogP contribution >= 0.6 is 11.6 Å². The van der Waals surface area contributed by atoms with E-state index in [1.807, 2.05) is 20.8 Å². The average Bonchev–Trinajstić information content (AvgIpc) is 2.28. The Morgan fingerprint density at radius 3 is 2.38 bits per heavy atom. The predicted octanol–water partition coefficient (Wildman–Crippen LogP) is 4.06. The van der Waals surface area contributed by atoms with Gasteiger partial charge in [-0.1, -0.05) is 32.4 Å². The van der Waals surface area contributed by atoms with Crippen LogP contribution in [0.3, 0.4) is 0 Å². The molecule has 1 aromatic carbocycles. The second-order valence-corrected chi connectivity index (χ2v) is 6.35. The molecule has 0 radical (unpaired) electrons. The van der Waals surface area contributed by atoms with Gasteiger partial charge in [0, 0.05) is 17.5 Å². The van der Waals surface area contributed by atoms with Crippen molar-refractivity contribution in [2.75, 3.05) is 5.32 Å². The molecule has 0 aliphatic heterocycles. The summed E-state index contributed by atoms with van der Waals surface area (Å²) in [6.07, 6.45) is -4.66. The number of nitrogens with two attached hydrogens (primary N) is 1. The minimum Gasteiger partial charge on any atom is -0.327 e. The number of carbonyl (C=O) groups is 1. The number of rotatable bonds is 3. The molecule has 1 aromatic rings. The third-order valence-corrected chi connectivity index (χ3v) is 3.31. The van der Waals surface area contributed by atoms with Gasteiger partial charge >= 0.3 is 6.18 Å². The molecule has 0 fully saturated rings. The van der Waals surface area contributed by atoms with Crippen molar-refractivity contribution in [3.05, 3.63) is 28.8 Å². The van der Waals surface area contributed by atoms with Gasteiger partial charge in [0.1, 0.15) is 0 Å². The van der Waals surface area contributed by atoms with Crippen LogP contribution in [-0.2, 0) is 11.0 Å². The highest BCUT2D eigenvalue weighted by atomic mass is 35.5. The Balaban J connectivity index is 2.91. The van der Waals surface area contributed by atoms with Gasteiger partial charge in [0.2, 0.25) is 5.91 Å². The summed E-state index contributed by atoms with van der Waals surface area (Å²) in [5, 5.41) is 2.20. The number of nitrogens with one attached hydrogen (secondary N) is 1. The van der Waals surface area contributed by atoms with E-state index in [1.54, 1.807) is 0 Å². The van der Waals surface area contributed by atoms with Crippen molar-refractivity contribution in [3.8, 4) is 0 Å². The number of alkyl halides is 3. The summed E-state index contributed by atoms with van der Waals surface area (Å²) in [5.74, 6) is -0.565. The smallest absolute Gasteiger partial charge is 0.327 e. The van der Waals surface area contributed by atoms with Gasteiger partial charge in [-0.15, -0.1) is 0 Å². The van der Waals surface area contributed by atoms with Crippen LogP contribution in [0.15, 0.2) is 18.2 Å². The van der Waals surface area contributed by atoms with Crippen LogP contribution in [0.25, 0.3) is 0 Å². The standard InChI is InChI=1S/C14H18ClF3N2O/c1-13(2,3)11(19)7-12(21)20-10-5-4-8(15)6-9(10)14(16,17)18/h4-6,11H,7,19H2,1-3H3,(H,20,21). The number of hydrogen-bond acceptors (Lipinski definition) is 2. The highest BCUT2D eigenvalue weighted by Crippen LogP contribution is 2.36. The maximum Gasteiger partial charge on any atom is 0.418 e. The number of amides is 1. The second kappa shape index (κ2) is 6.23.